The van der Waals surface area contributed by atoms with E-state index in [9.17, 15) is 5.11 Å². The molecule has 0 unspecified atom stereocenters. The summed E-state index contributed by atoms with van der Waals surface area (Å²) in [5.74, 6) is 1.65. The molecule has 1 aliphatic rings. The summed E-state index contributed by atoms with van der Waals surface area (Å²) in [7, 11) is 0. The third-order valence-corrected chi connectivity index (χ3v) is 7.20. The van der Waals surface area contributed by atoms with Crippen LogP contribution in [0, 0.1) is 0 Å². The van der Waals surface area contributed by atoms with E-state index in [2.05, 4.69) is 69.0 Å². The number of thiazole rings is 1. The zero-order valence-corrected chi connectivity index (χ0v) is 20.0. The van der Waals surface area contributed by atoms with Crippen molar-refractivity contribution in [3.63, 3.8) is 0 Å². The molecule has 1 saturated carbocycles. The molecule has 1 fully saturated rings. The van der Waals surface area contributed by atoms with Crippen molar-refractivity contribution in [2.24, 2.45) is 0 Å². The smallest absolute Gasteiger partial charge is 0.189 e. The molecule has 0 atom stereocenters. The monoisotopic (exact) mass is 508 g/mol. The minimum absolute atomic E-state index is 0.165. The quantitative estimate of drug-likeness (QED) is 0.277. The predicted octanol–water partition coefficient (Wildman–Crippen LogP) is 6.50. The number of hydrogen-bond acceptors (Lipinski definition) is 6. The van der Waals surface area contributed by atoms with E-state index in [1.165, 1.54) is 11.1 Å². The van der Waals surface area contributed by atoms with Crippen molar-refractivity contribution in [3.8, 4) is 0 Å². The molecule has 0 radical (unpaired) electrons. The van der Waals surface area contributed by atoms with Crippen LogP contribution < -0.4 is 10.6 Å². The molecule has 3 N–H and O–H groups in total. The normalized spacial score (nSPS) is 18.6. The number of nitrogens with zero attached hydrogens (tertiary/aromatic N) is 2. The zero-order chi connectivity index (χ0) is 21.9. The summed E-state index contributed by atoms with van der Waals surface area (Å²) >= 11 is 5.15. The van der Waals surface area contributed by atoms with Crippen molar-refractivity contribution in [2.45, 2.75) is 44.2 Å². The number of pyridine rings is 1. The lowest BCUT2D eigenvalue weighted by atomic mass is 9.93. The number of nitrogens with one attached hydrogen (secondary N) is 2. The molecule has 1 aliphatic carbocycles. The molecule has 0 aliphatic heterocycles. The van der Waals surface area contributed by atoms with Gasteiger partial charge < -0.3 is 15.7 Å². The van der Waals surface area contributed by atoms with Crippen LogP contribution in [-0.4, -0.2) is 27.2 Å². The molecule has 164 valence electrons. The highest BCUT2D eigenvalue weighted by Gasteiger charge is 2.20. The first-order valence-electron chi connectivity index (χ1n) is 10.9. The van der Waals surface area contributed by atoms with Gasteiger partial charge in [0.2, 0.25) is 0 Å². The second-order valence-electron chi connectivity index (χ2n) is 8.31. The Balaban J connectivity index is 1.42. The number of fused-ring (bicyclic) bond motifs is 1. The van der Waals surface area contributed by atoms with E-state index in [0.717, 1.165) is 63.6 Å². The van der Waals surface area contributed by atoms with Crippen LogP contribution in [0.5, 0.6) is 0 Å². The standard InChI is InChI=1S/C25H25BrN4OS/c26-18-6-11-21-22(15-18)32-25(28-21)30-24-14-17(12-16-4-2-1-3-5-16)13-23(29-24)27-19-7-9-20(31)10-8-19/h1-6,11,13-15,19-20,31H,7-10,12H2,(H2,27,28,29,30)/t19-,20-. The van der Waals surface area contributed by atoms with Gasteiger partial charge in [-0.25, -0.2) is 9.97 Å². The second-order valence-corrected chi connectivity index (χ2v) is 10.3. The fourth-order valence-electron chi connectivity index (χ4n) is 4.15. The summed E-state index contributed by atoms with van der Waals surface area (Å²) in [6.45, 7) is 0. The summed E-state index contributed by atoms with van der Waals surface area (Å²) in [6.07, 6.45) is 4.27. The lowest BCUT2D eigenvalue weighted by Crippen LogP contribution is -2.28. The number of aliphatic hydroxyl groups is 1. The van der Waals surface area contributed by atoms with Crippen LogP contribution in [0.3, 0.4) is 0 Å². The topological polar surface area (TPSA) is 70.1 Å². The van der Waals surface area contributed by atoms with Crippen LogP contribution in [0.1, 0.15) is 36.8 Å². The summed E-state index contributed by atoms with van der Waals surface area (Å²) in [4.78, 5) is 9.56. The van der Waals surface area contributed by atoms with Gasteiger partial charge in [0, 0.05) is 10.5 Å². The van der Waals surface area contributed by atoms with Gasteiger partial charge in [-0.15, -0.1) is 0 Å². The first kappa shape index (κ1) is 21.4. The van der Waals surface area contributed by atoms with E-state index in [1.54, 1.807) is 11.3 Å². The number of halogens is 1. The SMILES string of the molecule is O[C@H]1CC[C@H](Nc2cc(Cc3ccccc3)cc(Nc3nc4ccc(Br)cc4s3)n2)CC1. The third-order valence-electron chi connectivity index (χ3n) is 5.77. The van der Waals surface area contributed by atoms with Gasteiger partial charge in [-0.2, -0.15) is 0 Å². The molecular formula is C25H25BrN4OS. The van der Waals surface area contributed by atoms with E-state index in [0.29, 0.717) is 6.04 Å². The van der Waals surface area contributed by atoms with Crippen LogP contribution in [0.2, 0.25) is 0 Å². The molecule has 7 heteroatoms. The van der Waals surface area contributed by atoms with Crippen LogP contribution in [-0.2, 0) is 6.42 Å². The van der Waals surface area contributed by atoms with Gasteiger partial charge in [0.05, 0.1) is 16.3 Å². The summed E-state index contributed by atoms with van der Waals surface area (Å²) in [5.41, 5.74) is 3.43. The Morgan fingerprint density at radius 3 is 2.50 bits per heavy atom. The Labute approximate surface area is 200 Å². The number of aliphatic hydroxyl groups excluding tert-OH is 1. The largest absolute Gasteiger partial charge is 0.393 e. The molecule has 0 spiro atoms. The van der Waals surface area contributed by atoms with Gasteiger partial charge >= 0.3 is 0 Å². The van der Waals surface area contributed by atoms with Gasteiger partial charge in [0.1, 0.15) is 11.6 Å². The number of anilines is 3. The van der Waals surface area contributed by atoms with E-state index in [4.69, 9.17) is 9.97 Å². The van der Waals surface area contributed by atoms with Crippen LogP contribution in [0.15, 0.2) is 65.1 Å². The molecular weight excluding hydrogens is 484 g/mol. The fourth-order valence-corrected chi connectivity index (χ4v) is 5.57. The van der Waals surface area contributed by atoms with E-state index in [1.807, 2.05) is 18.2 Å². The second kappa shape index (κ2) is 9.57. The molecule has 4 aromatic rings. The Morgan fingerprint density at radius 1 is 0.906 bits per heavy atom. The van der Waals surface area contributed by atoms with Gasteiger partial charge in [-0.1, -0.05) is 57.6 Å². The summed E-state index contributed by atoms with van der Waals surface area (Å²) in [5, 5.41) is 17.7. The van der Waals surface area contributed by atoms with E-state index < -0.39 is 0 Å². The van der Waals surface area contributed by atoms with Gasteiger partial charge in [-0.05, 0) is 73.6 Å². The van der Waals surface area contributed by atoms with Gasteiger partial charge in [0.25, 0.3) is 0 Å². The molecule has 5 rings (SSSR count). The molecule has 32 heavy (non-hydrogen) atoms. The highest BCUT2D eigenvalue weighted by atomic mass is 79.9. The molecule has 5 nitrogen and oxygen atoms in total. The van der Waals surface area contributed by atoms with Crippen molar-refractivity contribution < 1.29 is 5.11 Å². The average molecular weight is 509 g/mol. The fraction of sp³-hybridized carbons (Fsp3) is 0.280. The number of hydrogen-bond donors (Lipinski definition) is 3. The van der Waals surface area contributed by atoms with Crippen molar-refractivity contribution in [1.82, 2.24) is 9.97 Å². The zero-order valence-electron chi connectivity index (χ0n) is 17.6. The average Bonchev–Trinajstić information content (AvgIpc) is 3.17. The van der Waals surface area contributed by atoms with E-state index in [-0.39, 0.29) is 6.10 Å². The number of aromatic nitrogens is 2. The van der Waals surface area contributed by atoms with Crippen molar-refractivity contribution in [3.05, 3.63) is 76.3 Å². The Hall–Kier alpha value is -2.48. The Kier molecular flexibility index (Phi) is 6.39. The lowest BCUT2D eigenvalue weighted by molar-refractivity contribution is 0.126. The highest BCUT2D eigenvalue weighted by Crippen LogP contribution is 2.31. The van der Waals surface area contributed by atoms with Gasteiger partial charge in [0.15, 0.2) is 5.13 Å². The minimum Gasteiger partial charge on any atom is -0.393 e. The van der Waals surface area contributed by atoms with Crippen molar-refractivity contribution >= 4 is 54.3 Å². The molecule has 2 heterocycles. The van der Waals surface area contributed by atoms with Gasteiger partial charge in [-0.3, -0.25) is 0 Å². The first-order valence-corrected chi connectivity index (χ1v) is 12.5. The summed E-state index contributed by atoms with van der Waals surface area (Å²) < 4.78 is 2.17. The maximum Gasteiger partial charge on any atom is 0.189 e. The maximum absolute atomic E-state index is 9.82. The Bertz CT molecular complexity index is 1210. The van der Waals surface area contributed by atoms with Crippen LogP contribution in [0.4, 0.5) is 16.8 Å². The molecule has 2 aromatic heterocycles. The van der Waals surface area contributed by atoms with Crippen LogP contribution >= 0.6 is 27.3 Å². The predicted molar refractivity (Wildman–Crippen MR) is 136 cm³/mol. The third kappa shape index (κ3) is 5.28. The minimum atomic E-state index is -0.165. The highest BCUT2D eigenvalue weighted by molar-refractivity contribution is 9.10. The molecule has 2 aromatic carbocycles. The number of rotatable bonds is 6. The first-order chi connectivity index (χ1) is 15.6. The molecule has 0 bridgehead atoms. The Morgan fingerprint density at radius 2 is 1.69 bits per heavy atom. The summed E-state index contributed by atoms with van der Waals surface area (Å²) in [6, 6.07) is 21.2. The molecule has 0 saturated heterocycles. The molecule has 0 amide bonds. The van der Waals surface area contributed by atoms with Crippen molar-refractivity contribution in [1.29, 1.82) is 0 Å². The van der Waals surface area contributed by atoms with Crippen molar-refractivity contribution in [2.75, 3.05) is 10.6 Å². The maximum atomic E-state index is 9.82. The van der Waals surface area contributed by atoms with E-state index >= 15 is 0 Å². The van der Waals surface area contributed by atoms with Crippen LogP contribution in [0.25, 0.3) is 10.2 Å². The number of benzene rings is 2. The lowest BCUT2D eigenvalue weighted by Gasteiger charge is -2.27.